The summed E-state index contributed by atoms with van der Waals surface area (Å²) in [7, 11) is 0. The highest BCUT2D eigenvalue weighted by Gasteiger charge is 2.43. The molecule has 1 heterocycles. The van der Waals surface area contributed by atoms with Crippen molar-refractivity contribution in [2.45, 2.75) is 83.5 Å². The summed E-state index contributed by atoms with van der Waals surface area (Å²) in [5, 5.41) is 20.8. The number of benzene rings is 3. The summed E-state index contributed by atoms with van der Waals surface area (Å²) in [6.07, 6.45) is 1.56. The van der Waals surface area contributed by atoms with Crippen LogP contribution >= 0.6 is 11.8 Å². The number of unbranched alkanes of at least 4 members (excludes halogenated alkanes) is 1. The fourth-order valence-electron chi connectivity index (χ4n) is 5.15. The van der Waals surface area contributed by atoms with E-state index >= 15 is 0 Å². The van der Waals surface area contributed by atoms with E-state index in [1.54, 1.807) is 0 Å². The Labute approximate surface area is 297 Å². The van der Waals surface area contributed by atoms with Crippen LogP contribution in [0, 0.1) is 5.41 Å². The second-order valence-electron chi connectivity index (χ2n) is 13.0. The van der Waals surface area contributed by atoms with E-state index in [0.29, 0.717) is 37.3 Å². The van der Waals surface area contributed by atoms with Gasteiger partial charge in [0.2, 0.25) is 5.37 Å². The number of hydrogen-bond donors (Lipinski definition) is 3. The number of aryl methyl sites for hydroxylation is 1. The van der Waals surface area contributed by atoms with Crippen LogP contribution in [0.1, 0.15) is 63.1 Å². The van der Waals surface area contributed by atoms with Crippen molar-refractivity contribution in [2.75, 3.05) is 6.54 Å². The standard InChI is InChI=1S/C38H46N4O7S/c1-38(2,3)36-41-42(33(50-36)34(44)45)32(43)30(21-13-14-24-39-37(47)49-26-29-19-11-6-12-20-29)40-31(23-22-27-15-7-4-8-16-27)35(46)48-25-28-17-9-5-10-18-28/h4-12,15-20,30-31,33,40H,13-14,21-26H2,1-3H3,(H,39,47)(H,44,45)/t30-,31-,33+/m0/s1. The summed E-state index contributed by atoms with van der Waals surface area (Å²) < 4.78 is 11.0. The average molecular weight is 703 g/mol. The van der Waals surface area contributed by atoms with Crippen LogP contribution in [0.2, 0.25) is 0 Å². The molecule has 3 aromatic carbocycles. The minimum Gasteiger partial charge on any atom is -0.479 e. The second kappa shape index (κ2) is 18.9. The van der Waals surface area contributed by atoms with Crippen molar-refractivity contribution in [2.24, 2.45) is 10.5 Å². The van der Waals surface area contributed by atoms with Gasteiger partial charge in [0.15, 0.2) is 0 Å². The van der Waals surface area contributed by atoms with E-state index in [9.17, 15) is 24.3 Å². The molecule has 1 aliphatic heterocycles. The van der Waals surface area contributed by atoms with E-state index in [4.69, 9.17) is 9.47 Å². The predicted octanol–water partition coefficient (Wildman–Crippen LogP) is 6.13. The van der Waals surface area contributed by atoms with Crippen LogP contribution in [-0.2, 0) is 43.5 Å². The first kappa shape index (κ1) is 38.1. The first-order valence-electron chi connectivity index (χ1n) is 16.8. The van der Waals surface area contributed by atoms with Crippen molar-refractivity contribution in [1.82, 2.24) is 15.6 Å². The third-order valence-electron chi connectivity index (χ3n) is 7.90. The fourth-order valence-corrected chi connectivity index (χ4v) is 6.20. The van der Waals surface area contributed by atoms with Crippen LogP contribution in [0.15, 0.2) is 96.1 Å². The number of amides is 2. The largest absolute Gasteiger partial charge is 0.479 e. The third kappa shape index (κ3) is 12.0. The highest BCUT2D eigenvalue weighted by Crippen LogP contribution is 2.36. The summed E-state index contributed by atoms with van der Waals surface area (Å²) in [4.78, 5) is 52.3. The van der Waals surface area contributed by atoms with Gasteiger partial charge < -0.3 is 19.9 Å². The quantitative estimate of drug-likeness (QED) is 0.112. The second-order valence-corrected chi connectivity index (χ2v) is 14.1. The molecule has 11 nitrogen and oxygen atoms in total. The predicted molar refractivity (Wildman–Crippen MR) is 193 cm³/mol. The maximum absolute atomic E-state index is 14.2. The number of hydrogen-bond acceptors (Lipinski definition) is 9. The third-order valence-corrected chi connectivity index (χ3v) is 9.44. The zero-order valence-electron chi connectivity index (χ0n) is 28.7. The molecule has 0 saturated carbocycles. The number of nitrogens with zero attached hydrogens (tertiary/aromatic N) is 2. The van der Waals surface area contributed by atoms with Crippen LogP contribution in [-0.4, -0.2) is 63.1 Å². The number of hydrazone groups is 1. The smallest absolute Gasteiger partial charge is 0.407 e. The molecule has 0 fully saturated rings. The number of carbonyl (C=O) groups is 4. The number of nitrogens with one attached hydrogen (secondary N) is 2. The van der Waals surface area contributed by atoms with Gasteiger partial charge in [0.1, 0.15) is 24.3 Å². The molecule has 266 valence electrons. The number of carboxylic acid groups (broad SMARTS) is 1. The molecule has 0 aromatic heterocycles. The Morgan fingerprint density at radius 2 is 1.36 bits per heavy atom. The maximum Gasteiger partial charge on any atom is 0.407 e. The Balaban J connectivity index is 1.47. The van der Waals surface area contributed by atoms with Crippen molar-refractivity contribution in [3.8, 4) is 0 Å². The van der Waals surface area contributed by atoms with Crippen LogP contribution in [0.3, 0.4) is 0 Å². The molecule has 50 heavy (non-hydrogen) atoms. The van der Waals surface area contributed by atoms with Gasteiger partial charge in [0, 0.05) is 12.0 Å². The summed E-state index contributed by atoms with van der Waals surface area (Å²) in [6.45, 7) is 6.23. The Bertz CT molecular complexity index is 1580. The minimum absolute atomic E-state index is 0.0664. The number of alkyl carbamates (subject to hydrolysis) is 1. The minimum atomic E-state index is -1.24. The van der Waals surface area contributed by atoms with Gasteiger partial charge in [-0.2, -0.15) is 5.10 Å². The SMILES string of the molecule is CC(C)(C)C1=NN(C(=O)[C@H](CCCCNC(=O)OCc2ccccc2)N[C@@H](CCc2ccccc2)C(=O)OCc2ccccc2)[C@@H](C(=O)O)S1. The van der Waals surface area contributed by atoms with Crippen LogP contribution < -0.4 is 10.6 Å². The molecule has 3 atom stereocenters. The Hall–Kier alpha value is -4.68. The molecule has 12 heteroatoms. The molecule has 1 aliphatic rings. The van der Waals surface area contributed by atoms with E-state index in [1.165, 1.54) is 0 Å². The average Bonchev–Trinajstić information content (AvgIpc) is 3.59. The van der Waals surface area contributed by atoms with E-state index < -0.39 is 46.8 Å². The molecule has 2 amide bonds. The molecule has 0 aliphatic carbocycles. The Morgan fingerprint density at radius 3 is 1.92 bits per heavy atom. The number of ether oxygens (including phenoxy) is 2. The lowest BCUT2D eigenvalue weighted by Crippen LogP contribution is -2.53. The molecular formula is C38H46N4O7S. The highest BCUT2D eigenvalue weighted by molar-refractivity contribution is 8.15. The molecule has 3 aromatic rings. The summed E-state index contributed by atoms with van der Waals surface area (Å²) in [6, 6.07) is 26.5. The van der Waals surface area contributed by atoms with Crippen molar-refractivity contribution >= 4 is 40.7 Å². The summed E-state index contributed by atoms with van der Waals surface area (Å²) >= 11 is 1.03. The van der Waals surface area contributed by atoms with Crippen molar-refractivity contribution < 1.29 is 33.8 Å². The van der Waals surface area contributed by atoms with Gasteiger partial charge in [-0.05, 0) is 48.8 Å². The molecule has 3 N–H and O–H groups in total. The lowest BCUT2D eigenvalue weighted by Gasteiger charge is -2.28. The summed E-state index contributed by atoms with van der Waals surface area (Å²) in [5.41, 5.74) is 2.24. The topological polar surface area (TPSA) is 147 Å². The zero-order valence-corrected chi connectivity index (χ0v) is 29.6. The highest BCUT2D eigenvalue weighted by atomic mass is 32.2. The lowest BCUT2D eigenvalue weighted by molar-refractivity contribution is -0.150. The van der Waals surface area contributed by atoms with Crippen molar-refractivity contribution in [1.29, 1.82) is 0 Å². The zero-order chi connectivity index (χ0) is 35.9. The fraction of sp³-hybridized carbons (Fsp3) is 0.395. The first-order chi connectivity index (χ1) is 24.0. The van der Waals surface area contributed by atoms with Gasteiger partial charge >= 0.3 is 18.0 Å². The van der Waals surface area contributed by atoms with Gasteiger partial charge in [0.25, 0.3) is 5.91 Å². The molecular weight excluding hydrogens is 657 g/mol. The van der Waals surface area contributed by atoms with Gasteiger partial charge in [-0.25, -0.2) is 14.6 Å². The van der Waals surface area contributed by atoms with Gasteiger partial charge in [0.05, 0.1) is 6.04 Å². The van der Waals surface area contributed by atoms with Gasteiger partial charge in [-0.1, -0.05) is 124 Å². The van der Waals surface area contributed by atoms with Gasteiger partial charge in [-0.15, -0.1) is 0 Å². The number of carboxylic acids is 1. The van der Waals surface area contributed by atoms with E-state index in [1.807, 2.05) is 112 Å². The molecule has 0 unspecified atom stereocenters. The molecule has 4 rings (SSSR count). The number of carbonyl (C=O) groups excluding carboxylic acids is 3. The molecule has 0 radical (unpaired) electrons. The van der Waals surface area contributed by atoms with E-state index in [0.717, 1.165) is 33.5 Å². The maximum atomic E-state index is 14.2. The molecule has 0 saturated heterocycles. The normalized spacial score (nSPS) is 15.5. The molecule has 0 bridgehead atoms. The first-order valence-corrected chi connectivity index (χ1v) is 17.7. The summed E-state index contributed by atoms with van der Waals surface area (Å²) in [5.74, 6) is -2.26. The van der Waals surface area contributed by atoms with Crippen molar-refractivity contribution in [3.05, 3.63) is 108 Å². The van der Waals surface area contributed by atoms with Crippen LogP contribution in [0.25, 0.3) is 0 Å². The van der Waals surface area contributed by atoms with Crippen molar-refractivity contribution in [3.63, 3.8) is 0 Å². The lowest BCUT2D eigenvalue weighted by atomic mass is 9.99. The molecule has 0 spiro atoms. The number of esters is 1. The van der Waals surface area contributed by atoms with Gasteiger partial charge in [-0.3, -0.25) is 14.9 Å². The Morgan fingerprint density at radius 1 is 0.800 bits per heavy atom. The van der Waals surface area contributed by atoms with E-state index in [-0.39, 0.29) is 19.6 Å². The Kier molecular flexibility index (Phi) is 14.4. The van der Waals surface area contributed by atoms with Crippen LogP contribution in [0.5, 0.6) is 0 Å². The number of rotatable bonds is 17. The number of aliphatic carboxylic acids is 1. The number of thioether (sulfide) groups is 1. The monoisotopic (exact) mass is 702 g/mol. The van der Waals surface area contributed by atoms with Crippen LogP contribution in [0.4, 0.5) is 4.79 Å². The van der Waals surface area contributed by atoms with E-state index in [2.05, 4.69) is 15.7 Å².